The van der Waals surface area contributed by atoms with E-state index in [4.69, 9.17) is 4.74 Å². The standard InChI is InChI=1S/C34H41N3O4/c1-20-17-21(2)19-25(18-20)35-31(38)28-27-13-15-34(41-27)29(28)33(40)37(16-14-24-10-6-5-7-11-24)30(34)32(39)36-26-12-8-9-22(3)23(26)4/h5-7,10-11,13,15,17-19,22-23,26-30H,8-9,12,14,16H2,1-4H3,(H,35,38)(H,36,39)/t22-,23+,26-,27+,28-,29+,30+,34+/m1/s1. The lowest BCUT2D eigenvalue weighted by Crippen LogP contribution is -2.58. The maximum absolute atomic E-state index is 14.2. The minimum absolute atomic E-state index is 0.0546. The van der Waals surface area contributed by atoms with Crippen LogP contribution in [0.3, 0.4) is 0 Å². The van der Waals surface area contributed by atoms with Gasteiger partial charge in [-0.3, -0.25) is 14.4 Å². The van der Waals surface area contributed by atoms with Crippen LogP contribution in [0.5, 0.6) is 0 Å². The molecule has 0 radical (unpaired) electrons. The predicted molar refractivity (Wildman–Crippen MR) is 158 cm³/mol. The van der Waals surface area contributed by atoms with E-state index in [1.54, 1.807) is 4.90 Å². The monoisotopic (exact) mass is 555 g/mol. The second-order valence-electron chi connectivity index (χ2n) is 12.7. The van der Waals surface area contributed by atoms with Gasteiger partial charge in [0.1, 0.15) is 11.6 Å². The molecule has 2 aromatic rings. The Morgan fingerprint density at radius 1 is 1.02 bits per heavy atom. The molecule has 2 bridgehead atoms. The highest BCUT2D eigenvalue weighted by molar-refractivity contribution is 6.02. The van der Waals surface area contributed by atoms with Crippen LogP contribution in [0, 0.1) is 37.5 Å². The first-order valence-corrected chi connectivity index (χ1v) is 15.1. The molecule has 6 rings (SSSR count). The Morgan fingerprint density at radius 2 is 1.76 bits per heavy atom. The zero-order chi connectivity index (χ0) is 28.9. The number of likely N-dealkylation sites (tertiary alicyclic amines) is 1. The zero-order valence-electron chi connectivity index (χ0n) is 24.4. The minimum Gasteiger partial charge on any atom is -0.359 e. The zero-order valence-corrected chi connectivity index (χ0v) is 24.4. The Bertz CT molecular complexity index is 1350. The quantitative estimate of drug-likeness (QED) is 0.490. The molecule has 216 valence electrons. The van der Waals surface area contributed by atoms with Crippen molar-refractivity contribution >= 4 is 23.4 Å². The van der Waals surface area contributed by atoms with E-state index in [1.807, 2.05) is 68.5 Å². The molecule has 7 heteroatoms. The first-order valence-electron chi connectivity index (χ1n) is 15.1. The second kappa shape index (κ2) is 10.8. The van der Waals surface area contributed by atoms with Gasteiger partial charge in [-0.25, -0.2) is 0 Å². The van der Waals surface area contributed by atoms with E-state index in [0.29, 0.717) is 30.5 Å². The van der Waals surface area contributed by atoms with Crippen molar-refractivity contribution in [3.8, 4) is 0 Å². The SMILES string of the molecule is Cc1cc(C)cc(NC(=O)[C@@H]2[C@@H]3C=C[C@]4(O3)[C@@H]2C(=O)N(CCc2ccccc2)[C@H]4C(=O)N[C@@H]2CCC[C@@H](C)[C@@H]2C)c1. The number of nitrogens with one attached hydrogen (secondary N) is 2. The molecule has 0 unspecified atom stereocenters. The number of amides is 3. The van der Waals surface area contributed by atoms with Crippen LogP contribution < -0.4 is 10.6 Å². The Morgan fingerprint density at radius 3 is 2.49 bits per heavy atom. The van der Waals surface area contributed by atoms with E-state index >= 15 is 0 Å². The molecule has 7 nitrogen and oxygen atoms in total. The van der Waals surface area contributed by atoms with E-state index < -0.39 is 29.6 Å². The third kappa shape index (κ3) is 4.88. The Labute approximate surface area is 242 Å². The average Bonchev–Trinajstić information content (AvgIpc) is 3.57. The third-order valence-corrected chi connectivity index (χ3v) is 9.93. The van der Waals surface area contributed by atoms with Crippen LogP contribution in [0.4, 0.5) is 5.69 Å². The summed E-state index contributed by atoms with van der Waals surface area (Å²) in [5, 5.41) is 6.38. The molecule has 2 saturated heterocycles. The first kappa shape index (κ1) is 27.7. The van der Waals surface area contributed by atoms with Crippen LogP contribution in [0.2, 0.25) is 0 Å². The summed E-state index contributed by atoms with van der Waals surface area (Å²) in [6, 6.07) is 15.1. The average molecular weight is 556 g/mol. The second-order valence-corrected chi connectivity index (χ2v) is 12.7. The number of carbonyl (C=O) groups excluding carboxylic acids is 3. The van der Waals surface area contributed by atoms with Crippen molar-refractivity contribution in [2.24, 2.45) is 23.7 Å². The van der Waals surface area contributed by atoms with Gasteiger partial charge in [0.2, 0.25) is 17.7 Å². The fraction of sp³-hybridized carbons (Fsp3) is 0.500. The molecule has 3 heterocycles. The predicted octanol–water partition coefficient (Wildman–Crippen LogP) is 4.58. The smallest absolute Gasteiger partial charge is 0.246 e. The molecule has 2 aromatic carbocycles. The summed E-state index contributed by atoms with van der Waals surface area (Å²) in [5.41, 5.74) is 2.74. The van der Waals surface area contributed by atoms with Crippen molar-refractivity contribution in [3.05, 3.63) is 77.4 Å². The third-order valence-electron chi connectivity index (χ3n) is 9.93. The van der Waals surface area contributed by atoms with Gasteiger partial charge in [-0.2, -0.15) is 0 Å². The summed E-state index contributed by atoms with van der Waals surface area (Å²) in [5.74, 6) is -1.20. The number of anilines is 1. The Kier molecular flexibility index (Phi) is 7.26. The van der Waals surface area contributed by atoms with Gasteiger partial charge in [-0.05, 0) is 67.3 Å². The number of aryl methyl sites for hydroxylation is 2. The fourth-order valence-corrected chi connectivity index (χ4v) is 7.72. The van der Waals surface area contributed by atoms with Crippen LogP contribution >= 0.6 is 0 Å². The molecular formula is C34H41N3O4. The van der Waals surface area contributed by atoms with Gasteiger partial charge in [0.05, 0.1) is 17.9 Å². The highest BCUT2D eigenvalue weighted by atomic mass is 16.5. The minimum atomic E-state index is -1.16. The normalized spacial score (nSPS) is 33.6. The number of nitrogens with zero attached hydrogens (tertiary/aromatic N) is 1. The van der Waals surface area contributed by atoms with Crippen molar-refractivity contribution < 1.29 is 19.1 Å². The summed E-state index contributed by atoms with van der Waals surface area (Å²) < 4.78 is 6.53. The fourth-order valence-electron chi connectivity index (χ4n) is 7.72. The van der Waals surface area contributed by atoms with Gasteiger partial charge in [0.25, 0.3) is 0 Å². The molecule has 8 atom stereocenters. The number of carbonyl (C=O) groups is 3. The van der Waals surface area contributed by atoms with E-state index in [0.717, 1.165) is 36.0 Å². The molecule has 3 fully saturated rings. The maximum atomic E-state index is 14.2. The molecule has 1 spiro atoms. The van der Waals surface area contributed by atoms with Crippen LogP contribution in [-0.2, 0) is 25.5 Å². The van der Waals surface area contributed by atoms with Crippen molar-refractivity contribution in [3.63, 3.8) is 0 Å². The molecule has 4 aliphatic rings. The lowest BCUT2D eigenvalue weighted by atomic mass is 9.73. The molecular weight excluding hydrogens is 514 g/mol. The topological polar surface area (TPSA) is 87.7 Å². The first-order chi connectivity index (χ1) is 19.7. The molecule has 1 aliphatic carbocycles. The summed E-state index contributed by atoms with van der Waals surface area (Å²) in [4.78, 5) is 43.9. The van der Waals surface area contributed by atoms with Gasteiger partial charge in [0.15, 0.2) is 0 Å². The Balaban J connectivity index is 1.30. The lowest BCUT2D eigenvalue weighted by molar-refractivity contribution is -0.141. The number of benzene rings is 2. The molecule has 1 saturated carbocycles. The molecule has 2 N–H and O–H groups in total. The lowest BCUT2D eigenvalue weighted by Gasteiger charge is -2.38. The van der Waals surface area contributed by atoms with Crippen molar-refractivity contribution in [2.45, 2.75) is 77.2 Å². The van der Waals surface area contributed by atoms with Crippen LogP contribution in [-0.4, -0.2) is 53.0 Å². The summed E-state index contributed by atoms with van der Waals surface area (Å²) in [6.45, 7) is 8.80. The number of hydrogen-bond donors (Lipinski definition) is 2. The number of hydrogen-bond acceptors (Lipinski definition) is 4. The summed E-state index contributed by atoms with van der Waals surface area (Å²) >= 11 is 0. The van der Waals surface area contributed by atoms with Crippen LogP contribution in [0.15, 0.2) is 60.7 Å². The largest absolute Gasteiger partial charge is 0.359 e. The maximum Gasteiger partial charge on any atom is 0.246 e. The van der Waals surface area contributed by atoms with Gasteiger partial charge < -0.3 is 20.3 Å². The van der Waals surface area contributed by atoms with Crippen molar-refractivity contribution in [2.75, 3.05) is 11.9 Å². The Hall–Kier alpha value is -3.45. The molecule has 0 aromatic heterocycles. The van der Waals surface area contributed by atoms with E-state index in [2.05, 4.69) is 30.5 Å². The van der Waals surface area contributed by atoms with Crippen molar-refractivity contribution in [1.82, 2.24) is 10.2 Å². The van der Waals surface area contributed by atoms with Crippen molar-refractivity contribution in [1.29, 1.82) is 0 Å². The van der Waals surface area contributed by atoms with Gasteiger partial charge in [-0.1, -0.05) is 75.2 Å². The van der Waals surface area contributed by atoms with E-state index in [9.17, 15) is 14.4 Å². The number of rotatable bonds is 7. The van der Waals surface area contributed by atoms with Gasteiger partial charge in [-0.15, -0.1) is 0 Å². The summed E-state index contributed by atoms with van der Waals surface area (Å²) in [7, 11) is 0. The van der Waals surface area contributed by atoms with Gasteiger partial charge in [0, 0.05) is 18.3 Å². The number of ether oxygens (including phenoxy) is 1. The molecule has 3 amide bonds. The highest BCUT2D eigenvalue weighted by Gasteiger charge is 2.72. The van der Waals surface area contributed by atoms with Crippen LogP contribution in [0.25, 0.3) is 0 Å². The van der Waals surface area contributed by atoms with E-state index in [1.165, 1.54) is 0 Å². The molecule has 41 heavy (non-hydrogen) atoms. The highest BCUT2D eigenvalue weighted by Crippen LogP contribution is 2.55. The summed E-state index contributed by atoms with van der Waals surface area (Å²) in [6.07, 6.45) is 7.00. The number of fused-ring (bicyclic) bond motifs is 1. The van der Waals surface area contributed by atoms with Crippen LogP contribution in [0.1, 0.15) is 49.8 Å². The molecule has 3 aliphatic heterocycles. The van der Waals surface area contributed by atoms with E-state index in [-0.39, 0.29) is 23.8 Å². The van der Waals surface area contributed by atoms with Gasteiger partial charge >= 0.3 is 0 Å².